The summed E-state index contributed by atoms with van der Waals surface area (Å²) in [5, 5.41) is 3.22. The fourth-order valence-corrected chi connectivity index (χ4v) is 2.52. The van der Waals surface area contributed by atoms with E-state index in [0.29, 0.717) is 5.13 Å². The standard InChI is InChI=1S/C13H18N2O3S/c1-7-9(3)19-13(14-7)15-11(16)8(2)18-12(17)10-5-4-6-10/h8,10H,4-6H2,1-3H3,(H,14,15,16)/t8-/m0/s1. The topological polar surface area (TPSA) is 68.3 Å². The highest BCUT2D eigenvalue weighted by Crippen LogP contribution is 2.28. The molecule has 0 aromatic carbocycles. The summed E-state index contributed by atoms with van der Waals surface area (Å²) in [7, 11) is 0. The summed E-state index contributed by atoms with van der Waals surface area (Å²) in [6.07, 6.45) is 2.03. The maximum Gasteiger partial charge on any atom is 0.309 e. The summed E-state index contributed by atoms with van der Waals surface area (Å²) >= 11 is 1.42. The van der Waals surface area contributed by atoms with E-state index in [1.54, 1.807) is 6.92 Å². The van der Waals surface area contributed by atoms with Crippen LogP contribution in [0.3, 0.4) is 0 Å². The first-order valence-corrected chi connectivity index (χ1v) is 7.24. The molecule has 1 aromatic heterocycles. The van der Waals surface area contributed by atoms with Crippen LogP contribution in [0.2, 0.25) is 0 Å². The molecule has 1 N–H and O–H groups in total. The third kappa shape index (κ3) is 3.32. The molecule has 0 saturated heterocycles. The molecule has 1 fully saturated rings. The Morgan fingerprint density at radius 2 is 2.11 bits per heavy atom. The molecule has 0 aliphatic heterocycles. The third-order valence-corrected chi connectivity index (χ3v) is 4.35. The molecule has 5 nitrogen and oxygen atoms in total. The zero-order valence-corrected chi connectivity index (χ0v) is 12.2. The summed E-state index contributed by atoms with van der Waals surface area (Å²) in [5.41, 5.74) is 0.902. The van der Waals surface area contributed by atoms with Crippen molar-refractivity contribution in [2.45, 2.75) is 46.1 Å². The number of anilines is 1. The van der Waals surface area contributed by atoms with Gasteiger partial charge in [-0.2, -0.15) is 0 Å². The van der Waals surface area contributed by atoms with Gasteiger partial charge in [-0.1, -0.05) is 6.42 Å². The lowest BCUT2D eigenvalue weighted by Gasteiger charge is -2.24. The van der Waals surface area contributed by atoms with Crippen molar-refractivity contribution in [2.24, 2.45) is 5.92 Å². The van der Waals surface area contributed by atoms with Gasteiger partial charge in [-0.05, 0) is 33.6 Å². The second kappa shape index (κ2) is 5.69. The SMILES string of the molecule is Cc1nc(NC(=O)[C@H](C)OC(=O)C2CCC2)sc1C. The highest BCUT2D eigenvalue weighted by Gasteiger charge is 2.29. The van der Waals surface area contributed by atoms with Crippen molar-refractivity contribution in [3.8, 4) is 0 Å². The largest absolute Gasteiger partial charge is 0.452 e. The molecule has 1 amide bonds. The average molecular weight is 282 g/mol. The van der Waals surface area contributed by atoms with Crippen LogP contribution in [-0.2, 0) is 14.3 Å². The summed E-state index contributed by atoms with van der Waals surface area (Å²) in [6, 6.07) is 0. The zero-order chi connectivity index (χ0) is 14.0. The Morgan fingerprint density at radius 3 is 2.58 bits per heavy atom. The number of hydrogen-bond donors (Lipinski definition) is 1. The number of hydrogen-bond acceptors (Lipinski definition) is 5. The molecular weight excluding hydrogens is 264 g/mol. The highest BCUT2D eigenvalue weighted by molar-refractivity contribution is 7.15. The smallest absolute Gasteiger partial charge is 0.309 e. The fourth-order valence-electron chi connectivity index (χ4n) is 1.70. The van der Waals surface area contributed by atoms with Crippen LogP contribution in [0.1, 0.15) is 36.8 Å². The van der Waals surface area contributed by atoms with E-state index in [9.17, 15) is 9.59 Å². The molecule has 1 aliphatic rings. The van der Waals surface area contributed by atoms with Crippen LogP contribution in [0.25, 0.3) is 0 Å². The fraction of sp³-hybridized carbons (Fsp3) is 0.615. The Bertz CT molecular complexity index is 475. The first-order chi connectivity index (χ1) is 8.97. The maximum atomic E-state index is 11.9. The van der Waals surface area contributed by atoms with E-state index < -0.39 is 6.10 Å². The molecule has 0 radical (unpaired) electrons. The number of rotatable bonds is 4. The number of aryl methyl sites for hydroxylation is 2. The minimum absolute atomic E-state index is 0.0143. The number of ether oxygens (including phenoxy) is 1. The van der Waals surface area contributed by atoms with Crippen molar-refractivity contribution in [1.82, 2.24) is 4.98 Å². The Balaban J connectivity index is 1.86. The first kappa shape index (κ1) is 14.0. The Labute approximate surface area is 116 Å². The normalized spacial score (nSPS) is 16.6. The molecule has 0 spiro atoms. The lowest BCUT2D eigenvalue weighted by atomic mass is 9.86. The van der Waals surface area contributed by atoms with Gasteiger partial charge in [-0.3, -0.25) is 14.9 Å². The second-order valence-electron chi connectivity index (χ2n) is 4.86. The van der Waals surface area contributed by atoms with Crippen LogP contribution in [0.4, 0.5) is 5.13 Å². The summed E-state index contributed by atoms with van der Waals surface area (Å²) in [5.74, 6) is -0.610. The van der Waals surface area contributed by atoms with Crippen LogP contribution in [0.15, 0.2) is 0 Å². The molecule has 19 heavy (non-hydrogen) atoms. The van der Waals surface area contributed by atoms with Crippen LogP contribution in [-0.4, -0.2) is 23.0 Å². The van der Waals surface area contributed by atoms with Crippen LogP contribution >= 0.6 is 11.3 Å². The van der Waals surface area contributed by atoms with Gasteiger partial charge >= 0.3 is 5.97 Å². The van der Waals surface area contributed by atoms with Crippen molar-refractivity contribution in [1.29, 1.82) is 0 Å². The molecule has 1 atom stereocenters. The van der Waals surface area contributed by atoms with Gasteiger partial charge in [0, 0.05) is 4.88 Å². The number of esters is 1. The van der Waals surface area contributed by atoms with Gasteiger partial charge in [0.25, 0.3) is 5.91 Å². The summed E-state index contributed by atoms with van der Waals surface area (Å²) < 4.78 is 5.15. The molecule has 1 aliphatic carbocycles. The van der Waals surface area contributed by atoms with Gasteiger partial charge in [0.15, 0.2) is 11.2 Å². The molecule has 2 rings (SSSR count). The Hall–Kier alpha value is -1.43. The van der Waals surface area contributed by atoms with Crippen molar-refractivity contribution in [2.75, 3.05) is 5.32 Å². The summed E-state index contributed by atoms with van der Waals surface area (Å²) in [4.78, 5) is 28.8. The van der Waals surface area contributed by atoms with Gasteiger partial charge in [0.05, 0.1) is 11.6 Å². The van der Waals surface area contributed by atoms with E-state index >= 15 is 0 Å². The summed E-state index contributed by atoms with van der Waals surface area (Å²) in [6.45, 7) is 5.42. The van der Waals surface area contributed by atoms with Gasteiger partial charge in [0.1, 0.15) is 0 Å². The molecule has 1 saturated carbocycles. The Morgan fingerprint density at radius 1 is 1.42 bits per heavy atom. The van der Waals surface area contributed by atoms with E-state index in [4.69, 9.17) is 4.74 Å². The van der Waals surface area contributed by atoms with E-state index in [2.05, 4.69) is 10.3 Å². The molecular formula is C13H18N2O3S. The predicted octanol–water partition coefficient (Wildman–Crippen LogP) is 2.43. The van der Waals surface area contributed by atoms with E-state index in [1.165, 1.54) is 11.3 Å². The lowest BCUT2D eigenvalue weighted by Crippen LogP contribution is -2.34. The van der Waals surface area contributed by atoms with Crippen LogP contribution < -0.4 is 5.32 Å². The molecule has 6 heteroatoms. The van der Waals surface area contributed by atoms with Crippen molar-refractivity contribution in [3.05, 3.63) is 10.6 Å². The minimum Gasteiger partial charge on any atom is -0.452 e. The monoisotopic (exact) mass is 282 g/mol. The molecule has 104 valence electrons. The zero-order valence-electron chi connectivity index (χ0n) is 11.4. The van der Waals surface area contributed by atoms with Crippen molar-refractivity contribution in [3.63, 3.8) is 0 Å². The van der Waals surface area contributed by atoms with Crippen molar-refractivity contribution < 1.29 is 14.3 Å². The number of aromatic nitrogens is 1. The van der Waals surface area contributed by atoms with E-state index in [-0.39, 0.29) is 17.8 Å². The highest BCUT2D eigenvalue weighted by atomic mass is 32.1. The van der Waals surface area contributed by atoms with Gasteiger partial charge in [-0.25, -0.2) is 4.98 Å². The number of nitrogens with zero attached hydrogens (tertiary/aromatic N) is 1. The van der Waals surface area contributed by atoms with Crippen LogP contribution in [0.5, 0.6) is 0 Å². The van der Waals surface area contributed by atoms with Crippen molar-refractivity contribution >= 4 is 28.3 Å². The van der Waals surface area contributed by atoms with Gasteiger partial charge in [-0.15, -0.1) is 11.3 Å². The van der Waals surface area contributed by atoms with E-state index in [0.717, 1.165) is 29.8 Å². The molecule has 0 bridgehead atoms. The van der Waals surface area contributed by atoms with Gasteiger partial charge in [0.2, 0.25) is 0 Å². The molecule has 0 unspecified atom stereocenters. The lowest BCUT2D eigenvalue weighted by molar-refractivity contribution is -0.159. The number of amides is 1. The van der Waals surface area contributed by atoms with E-state index in [1.807, 2.05) is 13.8 Å². The average Bonchev–Trinajstić information content (AvgIpc) is 2.54. The minimum atomic E-state index is -0.780. The van der Waals surface area contributed by atoms with Crippen LogP contribution in [0, 0.1) is 19.8 Å². The Kier molecular flexibility index (Phi) is 4.19. The molecule has 1 aromatic rings. The first-order valence-electron chi connectivity index (χ1n) is 6.42. The predicted molar refractivity (Wildman–Crippen MR) is 73.1 cm³/mol. The number of thiazole rings is 1. The quantitative estimate of drug-likeness (QED) is 0.861. The number of carbonyl (C=O) groups is 2. The second-order valence-corrected chi connectivity index (χ2v) is 6.06. The number of nitrogens with one attached hydrogen (secondary N) is 1. The molecule has 1 heterocycles. The number of carbonyl (C=O) groups excluding carboxylic acids is 2. The maximum absolute atomic E-state index is 11.9. The third-order valence-electron chi connectivity index (χ3n) is 3.36. The van der Waals surface area contributed by atoms with Gasteiger partial charge < -0.3 is 4.74 Å².